The maximum absolute atomic E-state index is 10.9. The molecule has 0 aliphatic rings. The van der Waals surface area contributed by atoms with Crippen LogP contribution in [-0.2, 0) is 10.1 Å². The molecule has 0 aromatic heterocycles. The molecule has 3 nitrogen and oxygen atoms in total. The zero-order chi connectivity index (χ0) is 14.2. The Balaban J connectivity index is 0. The summed E-state index contributed by atoms with van der Waals surface area (Å²) in [6.07, 6.45) is 0. The average Bonchev–Trinajstić information content (AvgIpc) is 2.27. The van der Waals surface area contributed by atoms with Gasteiger partial charge in [-0.05, 0) is 43.5 Å². The zero-order valence-corrected chi connectivity index (χ0v) is 12.6. The standard InChI is InChI=1S/C9H12O3S.2C2H6/c1-6-4-8(3)9(5-7(6)2)13(10,11)12;2*1-2/h4-5H,1-3H3,(H,10,11,12);2*1-2H3. The van der Waals surface area contributed by atoms with Gasteiger partial charge in [0.05, 0.1) is 4.90 Å². The van der Waals surface area contributed by atoms with Gasteiger partial charge in [0.1, 0.15) is 0 Å². The van der Waals surface area contributed by atoms with Gasteiger partial charge in [0.25, 0.3) is 10.1 Å². The van der Waals surface area contributed by atoms with E-state index in [0.717, 1.165) is 11.1 Å². The lowest BCUT2D eigenvalue weighted by molar-refractivity contribution is 0.482. The predicted molar refractivity (Wildman–Crippen MR) is 73.2 cm³/mol. The molecule has 0 aliphatic heterocycles. The van der Waals surface area contributed by atoms with Crippen LogP contribution in [0.25, 0.3) is 0 Å². The molecule has 0 spiro atoms. The monoisotopic (exact) mass is 260 g/mol. The van der Waals surface area contributed by atoms with Crippen LogP contribution in [0.1, 0.15) is 44.4 Å². The van der Waals surface area contributed by atoms with Crippen LogP contribution in [0, 0.1) is 20.8 Å². The summed E-state index contributed by atoms with van der Waals surface area (Å²) >= 11 is 0. The van der Waals surface area contributed by atoms with E-state index in [-0.39, 0.29) is 4.90 Å². The molecule has 0 aliphatic carbocycles. The third kappa shape index (κ3) is 5.84. The van der Waals surface area contributed by atoms with Crippen molar-refractivity contribution in [3.05, 3.63) is 28.8 Å². The van der Waals surface area contributed by atoms with Crippen molar-refractivity contribution in [3.8, 4) is 0 Å². The molecule has 0 fully saturated rings. The summed E-state index contributed by atoms with van der Waals surface area (Å²) < 4.78 is 30.6. The Kier molecular flexibility index (Phi) is 8.98. The van der Waals surface area contributed by atoms with Crippen LogP contribution >= 0.6 is 0 Å². The van der Waals surface area contributed by atoms with Gasteiger partial charge in [-0.1, -0.05) is 33.8 Å². The van der Waals surface area contributed by atoms with Crippen LogP contribution in [0.3, 0.4) is 0 Å². The normalized spacial score (nSPS) is 9.65. The Morgan fingerprint density at radius 1 is 0.824 bits per heavy atom. The summed E-state index contributed by atoms with van der Waals surface area (Å²) in [7, 11) is -4.07. The minimum Gasteiger partial charge on any atom is -0.282 e. The van der Waals surface area contributed by atoms with E-state index in [1.165, 1.54) is 6.07 Å². The van der Waals surface area contributed by atoms with Crippen molar-refractivity contribution in [2.75, 3.05) is 0 Å². The first-order valence-electron chi connectivity index (χ1n) is 5.87. The van der Waals surface area contributed by atoms with Gasteiger partial charge < -0.3 is 0 Å². The third-order valence-electron chi connectivity index (χ3n) is 2.07. The molecular formula is C13H24O3S. The molecule has 0 bridgehead atoms. The first kappa shape index (κ1) is 18.5. The zero-order valence-electron chi connectivity index (χ0n) is 11.8. The first-order chi connectivity index (χ1) is 7.82. The van der Waals surface area contributed by atoms with Crippen molar-refractivity contribution < 1.29 is 13.0 Å². The molecule has 0 saturated carbocycles. The van der Waals surface area contributed by atoms with Crippen LogP contribution in [0.5, 0.6) is 0 Å². The fourth-order valence-electron chi connectivity index (χ4n) is 1.21. The van der Waals surface area contributed by atoms with Gasteiger partial charge in [-0.15, -0.1) is 0 Å². The Bertz CT molecular complexity index is 434. The minimum absolute atomic E-state index is 0.00407. The fraction of sp³-hybridized carbons (Fsp3) is 0.538. The van der Waals surface area contributed by atoms with Gasteiger partial charge in [-0.25, -0.2) is 0 Å². The second-order valence-electron chi connectivity index (χ2n) is 3.18. The quantitative estimate of drug-likeness (QED) is 0.779. The van der Waals surface area contributed by atoms with E-state index in [0.29, 0.717) is 5.56 Å². The largest absolute Gasteiger partial charge is 0.294 e. The molecule has 0 heterocycles. The SMILES string of the molecule is CC.CC.Cc1cc(C)c(S(=O)(=O)O)cc1C. The maximum Gasteiger partial charge on any atom is 0.294 e. The Labute approximate surface area is 106 Å². The molecule has 1 aromatic carbocycles. The number of rotatable bonds is 1. The topological polar surface area (TPSA) is 54.4 Å². The van der Waals surface area contributed by atoms with E-state index in [4.69, 9.17) is 4.55 Å². The van der Waals surface area contributed by atoms with E-state index in [1.807, 2.05) is 41.5 Å². The Morgan fingerprint density at radius 2 is 1.18 bits per heavy atom. The van der Waals surface area contributed by atoms with Gasteiger partial charge >= 0.3 is 0 Å². The lowest BCUT2D eigenvalue weighted by Gasteiger charge is -2.06. The number of benzene rings is 1. The van der Waals surface area contributed by atoms with Crippen molar-refractivity contribution in [1.82, 2.24) is 0 Å². The molecule has 0 saturated heterocycles. The Morgan fingerprint density at radius 3 is 1.53 bits per heavy atom. The van der Waals surface area contributed by atoms with Gasteiger partial charge in [0, 0.05) is 0 Å². The van der Waals surface area contributed by atoms with E-state index < -0.39 is 10.1 Å². The summed E-state index contributed by atoms with van der Waals surface area (Å²) in [4.78, 5) is -0.00407. The molecule has 0 atom stereocenters. The molecule has 4 heteroatoms. The third-order valence-corrected chi connectivity index (χ3v) is 3.06. The molecule has 0 amide bonds. The van der Waals surface area contributed by atoms with Crippen molar-refractivity contribution >= 4 is 10.1 Å². The van der Waals surface area contributed by atoms with Crippen molar-refractivity contribution in [2.45, 2.75) is 53.4 Å². The summed E-state index contributed by atoms with van der Waals surface area (Å²) in [6.45, 7) is 13.4. The highest BCUT2D eigenvalue weighted by molar-refractivity contribution is 7.85. The van der Waals surface area contributed by atoms with E-state index >= 15 is 0 Å². The lowest BCUT2D eigenvalue weighted by Crippen LogP contribution is -2.02. The second kappa shape index (κ2) is 8.25. The molecule has 1 aromatic rings. The Hall–Kier alpha value is -0.870. The maximum atomic E-state index is 10.9. The van der Waals surface area contributed by atoms with Crippen LogP contribution in [0.15, 0.2) is 17.0 Å². The van der Waals surface area contributed by atoms with Crippen LogP contribution in [0.2, 0.25) is 0 Å². The highest BCUT2D eigenvalue weighted by Gasteiger charge is 2.13. The van der Waals surface area contributed by atoms with Gasteiger partial charge in [-0.2, -0.15) is 8.42 Å². The highest BCUT2D eigenvalue weighted by Crippen LogP contribution is 2.19. The molecule has 100 valence electrons. The highest BCUT2D eigenvalue weighted by atomic mass is 32.2. The summed E-state index contributed by atoms with van der Waals surface area (Å²) in [5, 5.41) is 0. The van der Waals surface area contributed by atoms with Gasteiger partial charge in [0.2, 0.25) is 0 Å². The minimum atomic E-state index is -4.07. The summed E-state index contributed by atoms with van der Waals surface area (Å²) in [6, 6.07) is 3.23. The molecule has 17 heavy (non-hydrogen) atoms. The smallest absolute Gasteiger partial charge is 0.282 e. The molecule has 0 unspecified atom stereocenters. The lowest BCUT2D eigenvalue weighted by atomic mass is 10.1. The first-order valence-corrected chi connectivity index (χ1v) is 7.31. The number of hydrogen-bond donors (Lipinski definition) is 1. The molecule has 1 rings (SSSR count). The second-order valence-corrected chi connectivity index (χ2v) is 4.57. The average molecular weight is 260 g/mol. The summed E-state index contributed by atoms with van der Waals surface area (Å²) in [5.41, 5.74) is 2.45. The van der Waals surface area contributed by atoms with Crippen LogP contribution in [-0.4, -0.2) is 13.0 Å². The molecule has 0 radical (unpaired) electrons. The molecule has 1 N–H and O–H groups in total. The van der Waals surface area contributed by atoms with Gasteiger partial charge in [0.15, 0.2) is 0 Å². The van der Waals surface area contributed by atoms with Crippen molar-refractivity contribution in [3.63, 3.8) is 0 Å². The number of hydrogen-bond acceptors (Lipinski definition) is 2. The van der Waals surface area contributed by atoms with Crippen LogP contribution < -0.4 is 0 Å². The van der Waals surface area contributed by atoms with Crippen molar-refractivity contribution in [1.29, 1.82) is 0 Å². The number of aryl methyl sites for hydroxylation is 3. The van der Waals surface area contributed by atoms with E-state index in [2.05, 4.69) is 0 Å². The van der Waals surface area contributed by atoms with Crippen molar-refractivity contribution in [2.24, 2.45) is 0 Å². The van der Waals surface area contributed by atoms with Crippen LogP contribution in [0.4, 0.5) is 0 Å². The fourth-order valence-corrected chi connectivity index (χ4v) is 2.00. The van der Waals surface area contributed by atoms with Gasteiger partial charge in [-0.3, -0.25) is 4.55 Å². The predicted octanol–water partition coefficient (Wildman–Crippen LogP) is 3.91. The van der Waals surface area contributed by atoms with E-state index in [1.54, 1.807) is 13.0 Å². The summed E-state index contributed by atoms with van der Waals surface area (Å²) in [5.74, 6) is 0. The molecular weight excluding hydrogens is 236 g/mol. The van der Waals surface area contributed by atoms with E-state index in [9.17, 15) is 8.42 Å².